The third-order valence-electron chi connectivity index (χ3n) is 4.08. The zero-order valence-corrected chi connectivity index (χ0v) is 13.9. The molecular weight excluding hydrogens is 288 g/mol. The molecule has 0 aliphatic heterocycles. The van der Waals surface area contributed by atoms with Crippen molar-refractivity contribution in [3.8, 4) is 0 Å². The number of rotatable bonds is 5. The molecule has 0 unspecified atom stereocenters. The number of likely N-dealkylation sites (N-methyl/N-ethyl adjacent to an activating group) is 1. The first-order valence-electron chi connectivity index (χ1n) is 7.95. The van der Waals surface area contributed by atoms with Crippen LogP contribution in [0.2, 0.25) is 0 Å². The molecule has 120 valence electrons. The molecule has 4 nitrogen and oxygen atoms in total. The van der Waals surface area contributed by atoms with Gasteiger partial charge in [-0.25, -0.2) is 4.79 Å². The van der Waals surface area contributed by atoms with Crippen LogP contribution in [-0.2, 0) is 11.2 Å². The van der Waals surface area contributed by atoms with Crippen molar-refractivity contribution in [1.29, 1.82) is 0 Å². The summed E-state index contributed by atoms with van der Waals surface area (Å²) in [7, 11) is 3.92. The Bertz CT molecular complexity index is 849. The molecule has 0 amide bonds. The normalized spacial score (nSPS) is 11.5. The first-order chi connectivity index (χ1) is 11.1. The number of benzene rings is 1. The SMILES string of the molecule is CCc1ccc2c(C(=O)OCCN(C)C)c3ccccc3n2c1. The number of carbonyl (C=O) groups excluding carboxylic acids is 1. The molecule has 0 radical (unpaired) electrons. The van der Waals surface area contributed by atoms with Crippen molar-refractivity contribution in [1.82, 2.24) is 9.30 Å². The molecule has 0 atom stereocenters. The highest BCUT2D eigenvalue weighted by molar-refractivity contribution is 6.11. The maximum Gasteiger partial charge on any atom is 0.341 e. The van der Waals surface area contributed by atoms with Gasteiger partial charge in [-0.15, -0.1) is 0 Å². The van der Waals surface area contributed by atoms with Crippen molar-refractivity contribution in [2.24, 2.45) is 0 Å². The molecule has 0 bridgehead atoms. The second-order valence-electron chi connectivity index (χ2n) is 5.98. The minimum Gasteiger partial charge on any atom is -0.461 e. The van der Waals surface area contributed by atoms with Crippen molar-refractivity contribution in [2.75, 3.05) is 27.2 Å². The summed E-state index contributed by atoms with van der Waals surface area (Å²) in [6.07, 6.45) is 3.07. The Morgan fingerprint density at radius 3 is 2.65 bits per heavy atom. The van der Waals surface area contributed by atoms with E-state index in [4.69, 9.17) is 4.74 Å². The minimum atomic E-state index is -0.255. The van der Waals surface area contributed by atoms with Crippen molar-refractivity contribution in [2.45, 2.75) is 13.3 Å². The van der Waals surface area contributed by atoms with E-state index in [1.165, 1.54) is 5.56 Å². The average molecular weight is 310 g/mol. The molecule has 23 heavy (non-hydrogen) atoms. The molecule has 1 aromatic carbocycles. The predicted molar refractivity (Wildman–Crippen MR) is 93.1 cm³/mol. The lowest BCUT2D eigenvalue weighted by Crippen LogP contribution is -2.20. The van der Waals surface area contributed by atoms with Gasteiger partial charge < -0.3 is 14.0 Å². The van der Waals surface area contributed by atoms with E-state index in [1.807, 2.05) is 49.3 Å². The largest absolute Gasteiger partial charge is 0.461 e. The molecule has 0 saturated carbocycles. The monoisotopic (exact) mass is 310 g/mol. The van der Waals surface area contributed by atoms with Crippen LogP contribution in [0.15, 0.2) is 42.6 Å². The number of aryl methyl sites for hydroxylation is 1. The maximum absolute atomic E-state index is 12.6. The lowest BCUT2D eigenvalue weighted by molar-refractivity contribution is 0.0486. The van der Waals surface area contributed by atoms with Gasteiger partial charge >= 0.3 is 5.97 Å². The molecule has 0 spiro atoms. The summed E-state index contributed by atoms with van der Waals surface area (Å²) in [4.78, 5) is 14.6. The van der Waals surface area contributed by atoms with Crippen LogP contribution < -0.4 is 0 Å². The molecule has 4 heteroatoms. The molecule has 2 heterocycles. The standard InChI is InChI=1S/C19H22N2O2/c1-4-14-9-10-17-18(19(22)23-12-11-20(2)3)15-7-5-6-8-16(15)21(17)13-14/h5-10,13H,4,11-12H2,1-3H3. The van der Waals surface area contributed by atoms with E-state index >= 15 is 0 Å². The lowest BCUT2D eigenvalue weighted by Gasteiger charge is -2.10. The fourth-order valence-corrected chi connectivity index (χ4v) is 2.80. The van der Waals surface area contributed by atoms with E-state index in [0.29, 0.717) is 12.2 Å². The quantitative estimate of drug-likeness (QED) is 0.678. The topological polar surface area (TPSA) is 34.0 Å². The summed E-state index contributed by atoms with van der Waals surface area (Å²) in [6.45, 7) is 3.24. The molecule has 0 aliphatic rings. The van der Waals surface area contributed by atoms with Gasteiger partial charge in [0.15, 0.2) is 0 Å². The van der Waals surface area contributed by atoms with Gasteiger partial charge in [-0.05, 0) is 38.2 Å². The van der Waals surface area contributed by atoms with Gasteiger partial charge in [-0.2, -0.15) is 0 Å². The number of hydrogen-bond acceptors (Lipinski definition) is 3. The van der Waals surface area contributed by atoms with Crippen LogP contribution in [0.25, 0.3) is 16.4 Å². The van der Waals surface area contributed by atoms with E-state index in [2.05, 4.69) is 23.6 Å². The fraction of sp³-hybridized carbons (Fsp3) is 0.316. The molecule has 0 fully saturated rings. The zero-order chi connectivity index (χ0) is 16.4. The van der Waals surface area contributed by atoms with E-state index in [1.54, 1.807) is 0 Å². The van der Waals surface area contributed by atoms with Crippen LogP contribution >= 0.6 is 0 Å². The summed E-state index contributed by atoms with van der Waals surface area (Å²) in [6, 6.07) is 12.1. The van der Waals surface area contributed by atoms with Crippen molar-refractivity contribution in [3.05, 3.63) is 53.7 Å². The Morgan fingerprint density at radius 2 is 1.91 bits per heavy atom. The molecule has 0 N–H and O–H groups in total. The first-order valence-corrected chi connectivity index (χ1v) is 7.95. The predicted octanol–water partition coefficient (Wildman–Crippen LogP) is 3.37. The van der Waals surface area contributed by atoms with Gasteiger partial charge in [0.05, 0.1) is 16.6 Å². The Morgan fingerprint density at radius 1 is 1.13 bits per heavy atom. The highest BCUT2D eigenvalue weighted by Crippen LogP contribution is 2.28. The molecule has 0 saturated heterocycles. The number of ether oxygens (including phenoxy) is 1. The number of esters is 1. The average Bonchev–Trinajstić information content (AvgIpc) is 2.88. The summed E-state index contributed by atoms with van der Waals surface area (Å²) in [5, 5.41) is 0.940. The van der Waals surface area contributed by atoms with Crippen LogP contribution in [-0.4, -0.2) is 42.5 Å². The van der Waals surface area contributed by atoms with Gasteiger partial charge in [-0.1, -0.05) is 31.2 Å². The number of nitrogens with zero attached hydrogens (tertiary/aromatic N) is 2. The Labute approximate surface area is 136 Å². The van der Waals surface area contributed by atoms with Crippen LogP contribution in [0.4, 0.5) is 0 Å². The number of fused-ring (bicyclic) bond motifs is 3. The van der Waals surface area contributed by atoms with Gasteiger partial charge in [0.2, 0.25) is 0 Å². The van der Waals surface area contributed by atoms with E-state index in [-0.39, 0.29) is 5.97 Å². The van der Waals surface area contributed by atoms with Crippen LogP contribution in [0.5, 0.6) is 0 Å². The Kier molecular flexibility index (Phi) is 4.35. The number of pyridine rings is 1. The molecule has 3 rings (SSSR count). The summed E-state index contributed by atoms with van der Waals surface area (Å²) in [5.74, 6) is -0.255. The van der Waals surface area contributed by atoms with Crippen LogP contribution in [0, 0.1) is 0 Å². The van der Waals surface area contributed by atoms with Gasteiger partial charge in [-0.3, -0.25) is 0 Å². The third kappa shape index (κ3) is 2.94. The van der Waals surface area contributed by atoms with Crippen LogP contribution in [0.1, 0.15) is 22.8 Å². The smallest absolute Gasteiger partial charge is 0.341 e. The van der Waals surface area contributed by atoms with Crippen molar-refractivity contribution < 1.29 is 9.53 Å². The fourth-order valence-electron chi connectivity index (χ4n) is 2.80. The van der Waals surface area contributed by atoms with Crippen molar-refractivity contribution in [3.63, 3.8) is 0 Å². The summed E-state index contributed by atoms with van der Waals surface area (Å²) in [5.41, 5.74) is 3.84. The molecule has 3 aromatic rings. The summed E-state index contributed by atoms with van der Waals surface area (Å²) < 4.78 is 7.57. The van der Waals surface area contributed by atoms with E-state index < -0.39 is 0 Å². The Hall–Kier alpha value is -2.33. The van der Waals surface area contributed by atoms with E-state index in [0.717, 1.165) is 29.4 Å². The Balaban J connectivity index is 2.08. The van der Waals surface area contributed by atoms with Gasteiger partial charge in [0.25, 0.3) is 0 Å². The second-order valence-corrected chi connectivity index (χ2v) is 5.98. The molecule has 2 aromatic heterocycles. The van der Waals surface area contributed by atoms with E-state index in [9.17, 15) is 4.79 Å². The number of hydrogen-bond donors (Lipinski definition) is 0. The number of para-hydroxylation sites is 1. The van der Waals surface area contributed by atoms with Gasteiger partial charge in [0.1, 0.15) is 6.61 Å². The maximum atomic E-state index is 12.6. The zero-order valence-electron chi connectivity index (χ0n) is 13.9. The molecule has 0 aliphatic carbocycles. The van der Waals surface area contributed by atoms with Crippen molar-refractivity contribution >= 4 is 22.4 Å². The highest BCUT2D eigenvalue weighted by Gasteiger charge is 2.19. The number of aromatic nitrogens is 1. The minimum absolute atomic E-state index is 0.255. The number of carbonyl (C=O) groups is 1. The lowest BCUT2D eigenvalue weighted by atomic mass is 10.1. The summed E-state index contributed by atoms with van der Waals surface area (Å²) >= 11 is 0. The third-order valence-corrected chi connectivity index (χ3v) is 4.08. The molecular formula is C19H22N2O2. The van der Waals surface area contributed by atoms with Crippen LogP contribution in [0.3, 0.4) is 0 Å². The van der Waals surface area contributed by atoms with Gasteiger partial charge in [0, 0.05) is 18.1 Å². The second kappa shape index (κ2) is 6.42. The highest BCUT2D eigenvalue weighted by atomic mass is 16.5. The first kappa shape index (κ1) is 15.6.